The third kappa shape index (κ3) is 6.01. The van der Waals surface area contributed by atoms with Gasteiger partial charge in [0.25, 0.3) is 0 Å². The van der Waals surface area contributed by atoms with Gasteiger partial charge in [-0.05, 0) is 199 Å². The first-order chi connectivity index (χ1) is 22.7. The van der Waals surface area contributed by atoms with Crippen molar-refractivity contribution in [2.75, 3.05) is 13.2 Å². The van der Waals surface area contributed by atoms with Crippen LogP contribution in [0.2, 0.25) is 0 Å². The predicted octanol–water partition coefficient (Wildman–Crippen LogP) is 7.14. The lowest BCUT2D eigenvalue weighted by atomic mass is 9.49. The van der Waals surface area contributed by atoms with Crippen LogP contribution in [0.5, 0.6) is 0 Å². The summed E-state index contributed by atoms with van der Waals surface area (Å²) in [4.78, 5) is 24.5. The van der Waals surface area contributed by atoms with Crippen molar-refractivity contribution in [2.24, 2.45) is 81.8 Å². The lowest BCUT2D eigenvalue weighted by Crippen LogP contribution is -2.51. The molecule has 8 aliphatic rings. The monoisotopic (exact) mass is 669 g/mol. The molecule has 0 amide bonds. The molecule has 0 aromatic heterocycles. The van der Waals surface area contributed by atoms with Crippen molar-refractivity contribution in [3.05, 3.63) is 0 Å². The van der Waals surface area contributed by atoms with Crippen molar-refractivity contribution < 1.29 is 30.0 Å². The van der Waals surface area contributed by atoms with Gasteiger partial charge in [0.15, 0.2) is 11.6 Å². The van der Waals surface area contributed by atoms with Crippen LogP contribution in [0.3, 0.4) is 0 Å². The molecule has 0 saturated heterocycles. The van der Waals surface area contributed by atoms with Crippen molar-refractivity contribution in [3.8, 4) is 0 Å². The number of rotatable bonds is 4. The van der Waals surface area contributed by atoms with Crippen molar-refractivity contribution >= 4 is 11.6 Å². The molecular weight excluding hydrogens is 600 g/mol. The van der Waals surface area contributed by atoms with E-state index in [1.807, 2.05) is 13.8 Å². The van der Waals surface area contributed by atoms with E-state index in [1.54, 1.807) is 0 Å². The molecule has 0 unspecified atom stereocenters. The molecule has 0 spiro atoms. The Balaban J connectivity index is 0.000000152. The van der Waals surface area contributed by atoms with Crippen LogP contribution < -0.4 is 0 Å². The zero-order valence-corrected chi connectivity index (χ0v) is 30.7. The average Bonchev–Trinajstić information content (AvgIpc) is 3.59. The van der Waals surface area contributed by atoms with Gasteiger partial charge in [0.2, 0.25) is 0 Å². The highest BCUT2D eigenvalue weighted by molar-refractivity contribution is 5.83. The molecule has 6 heteroatoms. The topological polar surface area (TPSA) is 115 Å². The zero-order chi connectivity index (χ0) is 34.2. The summed E-state index contributed by atoms with van der Waals surface area (Å²) in [7, 11) is 0. The van der Waals surface area contributed by atoms with Gasteiger partial charge in [0.1, 0.15) is 13.2 Å². The summed E-state index contributed by atoms with van der Waals surface area (Å²) in [5.41, 5.74) is -0.617. The van der Waals surface area contributed by atoms with Crippen LogP contribution in [0.1, 0.15) is 143 Å². The van der Waals surface area contributed by atoms with Crippen LogP contribution in [0, 0.1) is 81.8 Å². The summed E-state index contributed by atoms with van der Waals surface area (Å²) >= 11 is 0. The molecule has 0 radical (unpaired) electrons. The van der Waals surface area contributed by atoms with E-state index in [4.69, 9.17) is 0 Å². The molecule has 8 fully saturated rings. The van der Waals surface area contributed by atoms with Crippen LogP contribution >= 0.6 is 0 Å². The molecule has 0 bridgehead atoms. The number of hydrogen-bond donors (Lipinski definition) is 4. The van der Waals surface area contributed by atoms with Crippen LogP contribution in [-0.4, -0.2) is 56.4 Å². The van der Waals surface area contributed by atoms with Crippen LogP contribution in [0.4, 0.5) is 0 Å². The summed E-state index contributed by atoms with van der Waals surface area (Å²) < 4.78 is 0. The standard InChI is InChI=1S/2C21H34O3/c2*1-20(24)9-7-14-13(11-20)3-4-16-15(14)8-10-21(2)17(16)5-6-18(21)19(23)12-22/h2*13-18,22,24H,3-12H2,1-2H3/t13-,14+,15-,16-,17+,18-,20+,21+;13-,14+,15-,16-,17+,18-,20-,21+/m11/s1. The largest absolute Gasteiger partial charge is 0.390 e. The van der Waals surface area contributed by atoms with E-state index < -0.39 is 11.2 Å². The number of ketones is 2. The Kier molecular flexibility index (Phi) is 9.63. The van der Waals surface area contributed by atoms with Crippen molar-refractivity contribution in [2.45, 2.75) is 154 Å². The fourth-order valence-corrected chi connectivity index (χ4v) is 15.4. The second-order valence-corrected chi connectivity index (χ2v) is 19.9. The summed E-state index contributed by atoms with van der Waals surface area (Å²) in [6.45, 7) is 8.18. The summed E-state index contributed by atoms with van der Waals surface area (Å²) in [6, 6.07) is 0. The summed E-state index contributed by atoms with van der Waals surface area (Å²) in [6.07, 6.45) is 20.6. The Hall–Kier alpha value is -0.820. The van der Waals surface area contributed by atoms with Crippen molar-refractivity contribution in [1.82, 2.24) is 0 Å². The van der Waals surface area contributed by atoms with Crippen molar-refractivity contribution in [1.29, 1.82) is 0 Å². The maximum atomic E-state index is 12.3. The third-order valence-corrected chi connectivity index (χ3v) is 17.6. The summed E-state index contributed by atoms with van der Waals surface area (Å²) in [5.74, 6) is 7.97. The first kappa shape index (κ1) is 35.6. The Labute approximate surface area is 290 Å². The number of hydrogen-bond acceptors (Lipinski definition) is 6. The molecule has 4 N–H and O–H groups in total. The smallest absolute Gasteiger partial charge is 0.161 e. The molecule has 48 heavy (non-hydrogen) atoms. The highest BCUT2D eigenvalue weighted by Crippen LogP contribution is 2.66. The quantitative estimate of drug-likeness (QED) is 0.253. The molecule has 16 atom stereocenters. The van der Waals surface area contributed by atoms with Gasteiger partial charge in [-0.1, -0.05) is 13.8 Å². The first-order valence-corrected chi connectivity index (χ1v) is 20.4. The van der Waals surface area contributed by atoms with Gasteiger partial charge in [0, 0.05) is 11.8 Å². The minimum Gasteiger partial charge on any atom is -0.390 e. The number of carbonyl (C=O) groups is 2. The lowest BCUT2D eigenvalue weighted by Gasteiger charge is -2.56. The van der Waals surface area contributed by atoms with Gasteiger partial charge >= 0.3 is 0 Å². The van der Waals surface area contributed by atoms with Crippen LogP contribution in [0.15, 0.2) is 0 Å². The molecule has 0 heterocycles. The fraction of sp³-hybridized carbons (Fsp3) is 0.952. The highest BCUT2D eigenvalue weighted by atomic mass is 16.3. The van der Waals surface area contributed by atoms with Gasteiger partial charge in [-0.2, -0.15) is 0 Å². The number of fused-ring (bicyclic) bond motifs is 10. The molecule has 0 aromatic rings. The van der Waals surface area contributed by atoms with Gasteiger partial charge < -0.3 is 20.4 Å². The molecule has 8 saturated carbocycles. The van der Waals surface area contributed by atoms with Gasteiger partial charge in [-0.3, -0.25) is 9.59 Å². The lowest BCUT2D eigenvalue weighted by molar-refractivity contribution is -0.135. The van der Waals surface area contributed by atoms with E-state index in [0.29, 0.717) is 11.8 Å². The molecule has 0 aliphatic heterocycles. The molecule has 6 nitrogen and oxygen atoms in total. The molecule has 0 aromatic carbocycles. The van der Waals surface area contributed by atoms with E-state index in [2.05, 4.69) is 13.8 Å². The normalized spacial score (nSPS) is 53.8. The maximum Gasteiger partial charge on any atom is 0.161 e. The Morgan fingerprint density at radius 3 is 1.23 bits per heavy atom. The minimum absolute atomic E-state index is 0.0841. The van der Waals surface area contributed by atoms with E-state index in [1.165, 1.54) is 64.2 Å². The molecule has 272 valence electrons. The number of carbonyl (C=O) groups excluding carboxylic acids is 2. The first-order valence-electron chi connectivity index (χ1n) is 20.4. The van der Waals surface area contributed by atoms with E-state index in [0.717, 1.165) is 98.7 Å². The predicted molar refractivity (Wildman–Crippen MR) is 187 cm³/mol. The average molecular weight is 669 g/mol. The number of aliphatic hydroxyl groups is 4. The minimum atomic E-state index is -0.441. The van der Waals surface area contributed by atoms with Crippen LogP contribution in [-0.2, 0) is 9.59 Å². The SMILES string of the molecule is C[C@@]1(O)CC[C@H]2[C@H](CC[C@@H]3[C@@H]2CC[C@]2(C)[C@@H](C(=O)CO)CC[C@@H]32)C1.C[C@]1(O)CC[C@H]2[C@H](CC[C@@H]3[C@@H]2CC[C@]2(C)[C@@H](C(=O)CO)CC[C@@H]32)C1. The maximum absolute atomic E-state index is 12.3. The molecular formula is C42H68O6. The van der Waals surface area contributed by atoms with Crippen molar-refractivity contribution in [3.63, 3.8) is 0 Å². The second-order valence-electron chi connectivity index (χ2n) is 19.9. The number of aliphatic hydroxyl groups excluding tert-OH is 2. The number of Topliss-reactive ketones (excluding diaryl/α,β-unsaturated/α-hetero) is 2. The van der Waals surface area contributed by atoms with Gasteiger partial charge in [-0.25, -0.2) is 0 Å². The Bertz CT molecular complexity index is 1120. The fourth-order valence-electron chi connectivity index (χ4n) is 15.4. The van der Waals surface area contributed by atoms with Gasteiger partial charge in [-0.15, -0.1) is 0 Å². The Morgan fingerprint density at radius 1 is 0.479 bits per heavy atom. The molecule has 8 aliphatic carbocycles. The van der Waals surface area contributed by atoms with Crippen LogP contribution in [0.25, 0.3) is 0 Å². The molecule has 8 rings (SSSR count). The van der Waals surface area contributed by atoms with E-state index >= 15 is 0 Å². The highest BCUT2D eigenvalue weighted by Gasteiger charge is 2.60. The second kappa shape index (κ2) is 13.0. The van der Waals surface area contributed by atoms with E-state index in [-0.39, 0.29) is 47.4 Å². The summed E-state index contributed by atoms with van der Waals surface area (Å²) in [5, 5.41) is 39.7. The zero-order valence-electron chi connectivity index (χ0n) is 30.7. The van der Waals surface area contributed by atoms with Gasteiger partial charge in [0.05, 0.1) is 11.2 Å². The Morgan fingerprint density at radius 2 is 0.854 bits per heavy atom. The van der Waals surface area contributed by atoms with E-state index in [9.17, 15) is 30.0 Å². The third-order valence-electron chi connectivity index (χ3n) is 17.6.